The summed E-state index contributed by atoms with van der Waals surface area (Å²) in [5, 5.41) is 18.5. The van der Waals surface area contributed by atoms with E-state index in [1.165, 1.54) is 0 Å². The molecule has 0 spiro atoms. The molecule has 0 bridgehead atoms. The van der Waals surface area contributed by atoms with Gasteiger partial charge in [0.25, 0.3) is 0 Å². The SMILES string of the molecule is Cc1ccc(C)c(S(N)(=O)=O)c1-c1nn[nH]n1. The van der Waals surface area contributed by atoms with E-state index in [1.807, 2.05) is 0 Å². The van der Waals surface area contributed by atoms with Gasteiger partial charge in [-0.25, -0.2) is 13.6 Å². The number of aryl methyl sites for hydroxylation is 2. The smallest absolute Gasteiger partial charge is 0.225 e. The normalized spacial score (nSPS) is 11.7. The van der Waals surface area contributed by atoms with Crippen LogP contribution in [0, 0.1) is 13.8 Å². The van der Waals surface area contributed by atoms with Crippen LogP contribution in [0.1, 0.15) is 11.1 Å². The molecule has 7 nitrogen and oxygen atoms in total. The van der Waals surface area contributed by atoms with E-state index >= 15 is 0 Å². The molecule has 3 N–H and O–H groups in total. The van der Waals surface area contributed by atoms with Crippen LogP contribution in [0.25, 0.3) is 11.4 Å². The molecule has 0 unspecified atom stereocenters. The Balaban J connectivity index is 2.87. The molecular weight excluding hydrogens is 242 g/mol. The molecule has 0 aliphatic rings. The number of primary sulfonamides is 1. The summed E-state index contributed by atoms with van der Waals surface area (Å²) in [6, 6.07) is 3.48. The summed E-state index contributed by atoms with van der Waals surface area (Å²) in [6.07, 6.45) is 0. The van der Waals surface area contributed by atoms with Crippen molar-refractivity contribution >= 4 is 10.0 Å². The van der Waals surface area contributed by atoms with Crippen LogP contribution in [0.2, 0.25) is 0 Å². The fraction of sp³-hybridized carbons (Fsp3) is 0.222. The topological polar surface area (TPSA) is 115 Å². The van der Waals surface area contributed by atoms with Crippen LogP contribution < -0.4 is 5.14 Å². The van der Waals surface area contributed by atoms with Crippen molar-refractivity contribution in [3.63, 3.8) is 0 Å². The van der Waals surface area contributed by atoms with Crippen LogP contribution in [0.5, 0.6) is 0 Å². The van der Waals surface area contributed by atoms with Crippen LogP contribution >= 0.6 is 0 Å². The van der Waals surface area contributed by atoms with Crippen LogP contribution in [0.15, 0.2) is 17.0 Å². The lowest BCUT2D eigenvalue weighted by molar-refractivity contribution is 0.597. The third-order valence-electron chi connectivity index (χ3n) is 2.42. The zero-order chi connectivity index (χ0) is 12.6. The number of H-pyrrole nitrogens is 1. The third kappa shape index (κ3) is 2.04. The van der Waals surface area contributed by atoms with Crippen molar-refractivity contribution in [2.24, 2.45) is 5.14 Å². The van der Waals surface area contributed by atoms with Gasteiger partial charge in [-0.15, -0.1) is 10.2 Å². The molecule has 0 amide bonds. The number of nitrogens with two attached hydrogens (primary N) is 1. The molecule has 0 aliphatic heterocycles. The number of hydrogen-bond acceptors (Lipinski definition) is 5. The van der Waals surface area contributed by atoms with Crippen molar-refractivity contribution in [3.05, 3.63) is 23.3 Å². The monoisotopic (exact) mass is 253 g/mol. The molecule has 0 atom stereocenters. The molecule has 0 fully saturated rings. The summed E-state index contributed by atoms with van der Waals surface area (Å²) in [5.74, 6) is 0.218. The Bertz CT molecular complexity index is 648. The summed E-state index contributed by atoms with van der Waals surface area (Å²) in [7, 11) is -3.83. The van der Waals surface area contributed by atoms with Crippen LogP contribution in [0.4, 0.5) is 0 Å². The first-order valence-electron chi connectivity index (χ1n) is 4.78. The Morgan fingerprint density at radius 1 is 1.24 bits per heavy atom. The predicted octanol–water partition coefficient (Wildman–Crippen LogP) is 0.131. The minimum Gasteiger partial charge on any atom is -0.225 e. The first kappa shape index (κ1) is 11.7. The Morgan fingerprint density at radius 2 is 1.88 bits per heavy atom. The minimum absolute atomic E-state index is 0.0406. The van der Waals surface area contributed by atoms with Crippen molar-refractivity contribution in [2.75, 3.05) is 0 Å². The van der Waals surface area contributed by atoms with Gasteiger partial charge in [-0.2, -0.15) is 5.21 Å². The lowest BCUT2D eigenvalue weighted by Gasteiger charge is -2.10. The highest BCUT2D eigenvalue weighted by molar-refractivity contribution is 7.89. The van der Waals surface area contributed by atoms with Gasteiger partial charge in [0, 0.05) is 5.56 Å². The van der Waals surface area contributed by atoms with E-state index in [-0.39, 0.29) is 10.7 Å². The first-order valence-corrected chi connectivity index (χ1v) is 6.32. The lowest BCUT2D eigenvalue weighted by atomic mass is 10.1. The second-order valence-corrected chi connectivity index (χ2v) is 5.18. The third-order valence-corrected chi connectivity index (χ3v) is 3.51. The van der Waals surface area contributed by atoms with Crippen LogP contribution in [0.3, 0.4) is 0 Å². The van der Waals surface area contributed by atoms with Gasteiger partial charge in [0.1, 0.15) is 0 Å². The van der Waals surface area contributed by atoms with E-state index in [2.05, 4.69) is 20.6 Å². The summed E-state index contributed by atoms with van der Waals surface area (Å²) >= 11 is 0. The fourth-order valence-electron chi connectivity index (χ4n) is 1.70. The van der Waals surface area contributed by atoms with Gasteiger partial charge in [0.2, 0.25) is 15.8 Å². The summed E-state index contributed by atoms with van der Waals surface area (Å²) in [4.78, 5) is 0.0406. The van der Waals surface area contributed by atoms with E-state index < -0.39 is 10.0 Å². The zero-order valence-electron chi connectivity index (χ0n) is 9.30. The quantitative estimate of drug-likeness (QED) is 0.789. The highest BCUT2D eigenvalue weighted by Crippen LogP contribution is 2.29. The first-order chi connectivity index (χ1) is 7.91. The lowest BCUT2D eigenvalue weighted by Crippen LogP contribution is -2.16. The van der Waals surface area contributed by atoms with Crippen LogP contribution in [-0.2, 0) is 10.0 Å². The van der Waals surface area contributed by atoms with Crippen LogP contribution in [-0.4, -0.2) is 29.0 Å². The molecule has 17 heavy (non-hydrogen) atoms. The number of tetrazole rings is 1. The maximum absolute atomic E-state index is 11.6. The minimum atomic E-state index is -3.83. The van der Waals surface area contributed by atoms with Gasteiger partial charge in [-0.3, -0.25) is 0 Å². The number of hydrogen-bond donors (Lipinski definition) is 2. The molecule has 2 aromatic rings. The standard InChI is InChI=1S/C9H11N5O2S/c1-5-3-4-6(2)8(17(10,15)16)7(5)9-11-13-14-12-9/h3-4H,1-2H3,(H2,10,15,16)(H,11,12,13,14). The molecule has 0 saturated heterocycles. The van der Waals surface area contributed by atoms with Gasteiger partial charge < -0.3 is 0 Å². The van der Waals surface area contributed by atoms with Gasteiger partial charge >= 0.3 is 0 Å². The molecule has 1 aromatic carbocycles. The van der Waals surface area contributed by atoms with Crippen molar-refractivity contribution < 1.29 is 8.42 Å². The number of aromatic nitrogens is 4. The highest BCUT2D eigenvalue weighted by Gasteiger charge is 2.22. The molecule has 0 saturated carbocycles. The molecule has 1 heterocycles. The Labute approximate surface area is 98.1 Å². The Morgan fingerprint density at radius 3 is 2.41 bits per heavy atom. The van der Waals surface area contributed by atoms with E-state index in [9.17, 15) is 8.42 Å². The molecule has 1 aromatic heterocycles. The number of rotatable bonds is 2. The van der Waals surface area contributed by atoms with Crippen molar-refractivity contribution in [3.8, 4) is 11.4 Å². The highest BCUT2D eigenvalue weighted by atomic mass is 32.2. The Hall–Kier alpha value is -1.80. The maximum atomic E-state index is 11.6. The maximum Gasteiger partial charge on any atom is 0.239 e. The van der Waals surface area contributed by atoms with Gasteiger partial charge in [-0.1, -0.05) is 12.1 Å². The molecule has 90 valence electrons. The largest absolute Gasteiger partial charge is 0.239 e. The fourth-order valence-corrected chi connectivity index (χ4v) is 2.75. The van der Waals surface area contributed by atoms with Crippen molar-refractivity contribution in [1.29, 1.82) is 0 Å². The second-order valence-electron chi connectivity index (χ2n) is 3.68. The molecule has 0 aliphatic carbocycles. The molecule has 2 rings (SSSR count). The number of nitrogens with zero attached hydrogens (tertiary/aromatic N) is 3. The number of sulfonamides is 1. The second kappa shape index (κ2) is 3.90. The summed E-state index contributed by atoms with van der Waals surface area (Å²) in [6.45, 7) is 3.43. The van der Waals surface area contributed by atoms with Gasteiger partial charge in [0.05, 0.1) is 4.90 Å². The Kier molecular flexibility index (Phi) is 2.68. The predicted molar refractivity (Wildman–Crippen MR) is 60.5 cm³/mol. The molecule has 8 heteroatoms. The van der Waals surface area contributed by atoms with Crippen molar-refractivity contribution in [2.45, 2.75) is 18.7 Å². The summed E-state index contributed by atoms with van der Waals surface area (Å²) in [5.41, 5.74) is 1.67. The number of aromatic amines is 1. The number of nitrogens with one attached hydrogen (secondary N) is 1. The van der Waals surface area contributed by atoms with Crippen molar-refractivity contribution in [1.82, 2.24) is 20.6 Å². The molecule has 0 radical (unpaired) electrons. The zero-order valence-corrected chi connectivity index (χ0v) is 10.1. The van der Waals surface area contributed by atoms with E-state index in [1.54, 1.807) is 26.0 Å². The molecular formula is C9H11N5O2S. The van der Waals surface area contributed by atoms with E-state index in [0.29, 0.717) is 11.1 Å². The van der Waals surface area contributed by atoms with Gasteiger partial charge in [0.15, 0.2) is 0 Å². The van der Waals surface area contributed by atoms with Gasteiger partial charge in [-0.05, 0) is 30.2 Å². The average molecular weight is 253 g/mol. The summed E-state index contributed by atoms with van der Waals surface area (Å²) < 4.78 is 23.2. The van der Waals surface area contributed by atoms with E-state index in [0.717, 1.165) is 5.56 Å². The number of benzene rings is 1. The van der Waals surface area contributed by atoms with E-state index in [4.69, 9.17) is 5.14 Å². The average Bonchev–Trinajstić information content (AvgIpc) is 2.72.